The first-order valence-electron chi connectivity index (χ1n) is 24.4. The zero-order chi connectivity index (χ0) is 46.4. The first-order chi connectivity index (χ1) is 32.3. The van der Waals surface area contributed by atoms with Crippen molar-refractivity contribution in [3.8, 4) is 33.6 Å². The number of hydrazone groups is 1. The molecule has 0 amide bonds. The normalized spacial score (nSPS) is 28.9. The summed E-state index contributed by atoms with van der Waals surface area (Å²) >= 11 is 0. The van der Waals surface area contributed by atoms with Gasteiger partial charge in [-0.05, 0) is 139 Å². The second kappa shape index (κ2) is 18.4. The number of pyridine rings is 1. The van der Waals surface area contributed by atoms with E-state index in [0.717, 1.165) is 71.8 Å². The van der Waals surface area contributed by atoms with E-state index in [1.165, 1.54) is 72.8 Å². The summed E-state index contributed by atoms with van der Waals surface area (Å²) in [6.07, 6.45) is 13.7. The van der Waals surface area contributed by atoms with Gasteiger partial charge in [0.25, 0.3) is 0 Å². The number of halogens is 1. The number of anilines is 1. The topological polar surface area (TPSA) is 132 Å². The Kier molecular flexibility index (Phi) is 12.5. The molecule has 11 rings (SSSR count). The summed E-state index contributed by atoms with van der Waals surface area (Å²) in [7, 11) is -4.94. The molecule has 8 atom stereocenters. The highest BCUT2D eigenvalue weighted by Gasteiger charge is 2.65. The monoisotopic (exact) mass is 915 g/mol. The smallest absolute Gasteiger partial charge is 0.213 e. The summed E-state index contributed by atoms with van der Waals surface area (Å²) in [5.74, 6) is 3.03. The molecule has 8 nitrogen and oxygen atoms in total. The predicted molar refractivity (Wildman–Crippen MR) is 253 cm³/mol. The van der Waals surface area contributed by atoms with Crippen LogP contribution in [0.4, 0.5) is 5.69 Å². The largest absolute Gasteiger partial charge is 0.383 e. The van der Waals surface area contributed by atoms with Gasteiger partial charge in [0, 0.05) is 35.1 Å². The summed E-state index contributed by atoms with van der Waals surface area (Å²) in [4.78, 5) is 0. The molecule has 9 heteroatoms. The lowest BCUT2D eigenvalue weighted by molar-refractivity contribution is -2.00. The van der Waals surface area contributed by atoms with E-state index < -0.39 is 15.8 Å². The van der Waals surface area contributed by atoms with E-state index >= 15 is 0 Å². The van der Waals surface area contributed by atoms with Crippen LogP contribution in [-0.4, -0.2) is 16.4 Å². The summed E-state index contributed by atoms with van der Waals surface area (Å²) in [5, 5.41) is 20.9. The van der Waals surface area contributed by atoms with E-state index in [2.05, 4.69) is 181 Å². The highest BCUT2D eigenvalue weighted by Crippen LogP contribution is 2.68. The molecule has 1 aliphatic heterocycles. The third kappa shape index (κ3) is 8.89. The van der Waals surface area contributed by atoms with Crippen LogP contribution in [0.3, 0.4) is 0 Å². The molecular formula is C58H62ClN3O5. The summed E-state index contributed by atoms with van der Waals surface area (Å²) in [5.41, 5.74) is 11.2. The fourth-order valence-corrected chi connectivity index (χ4v) is 13.9. The minimum Gasteiger partial charge on any atom is -0.383 e. The molecule has 1 aromatic heterocycles. The van der Waals surface area contributed by atoms with Gasteiger partial charge < -0.3 is 5.11 Å². The van der Waals surface area contributed by atoms with Gasteiger partial charge in [0.2, 0.25) is 11.4 Å². The highest BCUT2D eigenvalue weighted by atomic mass is 35.7. The molecule has 8 unspecified atom stereocenters. The third-order valence-corrected chi connectivity index (χ3v) is 17.3. The van der Waals surface area contributed by atoms with Crippen LogP contribution in [0.2, 0.25) is 0 Å². The van der Waals surface area contributed by atoms with E-state index in [0.29, 0.717) is 17.9 Å². The second-order valence-electron chi connectivity index (χ2n) is 20.6. The quantitative estimate of drug-likeness (QED) is 0.152. The number of benzene rings is 5. The lowest BCUT2D eigenvalue weighted by Gasteiger charge is -2.61. The molecule has 346 valence electrons. The van der Waals surface area contributed by atoms with Crippen LogP contribution >= 0.6 is 0 Å². The van der Waals surface area contributed by atoms with E-state index in [4.69, 9.17) is 23.7 Å². The van der Waals surface area contributed by atoms with Crippen LogP contribution in [0.5, 0.6) is 0 Å². The molecule has 0 spiro atoms. The molecule has 4 fully saturated rings. The molecule has 4 aliphatic carbocycles. The average Bonchev–Trinajstić information content (AvgIpc) is 3.91. The van der Waals surface area contributed by atoms with Gasteiger partial charge in [0.15, 0.2) is 6.54 Å². The Labute approximate surface area is 398 Å². The fourth-order valence-electron chi connectivity index (χ4n) is 13.9. The van der Waals surface area contributed by atoms with Gasteiger partial charge in [0.05, 0.1) is 17.4 Å². The lowest BCUT2D eigenvalue weighted by atomic mass is 9.44. The zero-order valence-corrected chi connectivity index (χ0v) is 39.4. The number of hydrogen-bond acceptors (Lipinski definition) is 7. The fraction of sp³-hybridized carbons (Fsp3) is 0.379. The van der Waals surface area contributed by atoms with E-state index in [1.54, 1.807) is 0 Å². The van der Waals surface area contributed by atoms with Crippen molar-refractivity contribution in [2.75, 3.05) is 5.01 Å². The minimum atomic E-state index is -4.94. The summed E-state index contributed by atoms with van der Waals surface area (Å²) in [6.45, 7) is 5.75. The molecule has 5 aliphatic rings. The second-order valence-corrected chi connectivity index (χ2v) is 21.3. The van der Waals surface area contributed by atoms with Gasteiger partial charge in [-0.25, -0.2) is 18.6 Å². The molecule has 2 heterocycles. The molecule has 4 saturated carbocycles. The van der Waals surface area contributed by atoms with Crippen molar-refractivity contribution >= 4 is 11.4 Å². The van der Waals surface area contributed by atoms with Crippen LogP contribution in [-0.2, 0) is 6.54 Å². The Hall–Kier alpha value is -5.19. The number of aromatic nitrogens is 1. The van der Waals surface area contributed by atoms with Crippen LogP contribution < -0.4 is 28.2 Å². The van der Waals surface area contributed by atoms with Crippen LogP contribution in [0, 0.1) is 44.7 Å². The Morgan fingerprint density at radius 1 is 0.597 bits per heavy atom. The predicted octanol–water partition coefficient (Wildman–Crippen LogP) is 8.74. The zero-order valence-electron chi connectivity index (χ0n) is 38.7. The molecular weight excluding hydrogens is 854 g/mol. The number of rotatable bonds is 8. The molecule has 67 heavy (non-hydrogen) atoms. The SMILES string of the molecule is CC12CCCCC1CCC1C2CCC2(C)C1CCC2(O)C[n+]1c(-c2ccccc2)cc(-c2ccc(N3N=C(c4ccccc4)CC3c3ccccc3)cc2)cc1-c1ccccc1.[O-][Cl+3]([O-])([O-])[O-]. The van der Waals surface area contributed by atoms with Gasteiger partial charge in [-0.1, -0.05) is 136 Å². The molecule has 6 aromatic rings. The number of nitrogens with zero attached hydrogens (tertiary/aromatic N) is 3. The van der Waals surface area contributed by atoms with Crippen molar-refractivity contribution in [2.24, 2.45) is 39.6 Å². The Morgan fingerprint density at radius 2 is 1.15 bits per heavy atom. The average molecular weight is 917 g/mol. The molecule has 1 N–H and O–H groups in total. The van der Waals surface area contributed by atoms with Crippen molar-refractivity contribution in [3.63, 3.8) is 0 Å². The van der Waals surface area contributed by atoms with Crippen molar-refractivity contribution < 1.29 is 38.6 Å². The van der Waals surface area contributed by atoms with E-state index in [-0.39, 0.29) is 11.5 Å². The van der Waals surface area contributed by atoms with Crippen molar-refractivity contribution in [2.45, 2.75) is 103 Å². The van der Waals surface area contributed by atoms with Gasteiger partial charge in [-0.2, -0.15) is 9.67 Å². The standard InChI is InChI=1S/C58H62N3O.ClHO4/c1-56-34-16-15-25-47(56)28-31-49-50(56)32-35-57(2)51(49)33-36-58(57,62)40-60-53(43-19-9-4-10-20-43)37-46(38-54(60)44-21-11-5-12-22-44)41-26-29-48(30-27-41)61-55(45-23-13-6-14-24-45)39-52(59-61)42-17-7-3-8-18-42;2-1(3,4)5/h3-14,17-24,26-27,29-30,37-38,47,49-51,55,62H,15-16,25,28,31-36,39-40H2,1-2H3;(H,2,3,4,5)/q+1;/p-1. The van der Waals surface area contributed by atoms with Gasteiger partial charge in [-0.3, -0.25) is 5.01 Å². The minimum absolute atomic E-state index is 0.116. The van der Waals surface area contributed by atoms with Crippen molar-refractivity contribution in [1.29, 1.82) is 0 Å². The van der Waals surface area contributed by atoms with Gasteiger partial charge in [-0.15, -0.1) is 10.2 Å². The van der Waals surface area contributed by atoms with Crippen molar-refractivity contribution in [1.82, 2.24) is 0 Å². The highest BCUT2D eigenvalue weighted by molar-refractivity contribution is 6.03. The summed E-state index contributed by atoms with van der Waals surface area (Å²) < 4.78 is 36.5. The number of aliphatic hydroxyl groups is 1. The Balaban J connectivity index is 0.000000999. The van der Waals surface area contributed by atoms with Crippen LogP contribution in [0.15, 0.2) is 163 Å². The van der Waals surface area contributed by atoms with Crippen molar-refractivity contribution in [3.05, 3.63) is 169 Å². The van der Waals surface area contributed by atoms with Gasteiger partial charge in [0.1, 0.15) is 5.60 Å². The maximum absolute atomic E-state index is 13.4. The number of fused-ring (bicyclic) bond motifs is 5. The molecule has 5 aromatic carbocycles. The molecule has 0 saturated heterocycles. The Morgan fingerprint density at radius 3 is 1.75 bits per heavy atom. The lowest BCUT2D eigenvalue weighted by Crippen LogP contribution is -2.68. The van der Waals surface area contributed by atoms with Crippen LogP contribution in [0.1, 0.15) is 102 Å². The van der Waals surface area contributed by atoms with Gasteiger partial charge >= 0.3 is 0 Å². The third-order valence-electron chi connectivity index (χ3n) is 17.3. The van der Waals surface area contributed by atoms with E-state index in [9.17, 15) is 5.11 Å². The maximum atomic E-state index is 13.4. The Bertz CT molecular complexity index is 2610. The maximum Gasteiger partial charge on any atom is 0.213 e. The summed E-state index contributed by atoms with van der Waals surface area (Å²) in [6, 6.07) is 57.1. The number of hydrogen-bond donors (Lipinski definition) is 1. The molecule has 0 radical (unpaired) electrons. The first-order valence-corrected chi connectivity index (χ1v) is 25.7. The van der Waals surface area contributed by atoms with Crippen LogP contribution in [0.25, 0.3) is 33.6 Å². The molecule has 0 bridgehead atoms. The first kappa shape index (κ1) is 45.6. The van der Waals surface area contributed by atoms with E-state index in [1.807, 2.05) is 0 Å².